The van der Waals surface area contributed by atoms with Crippen LogP contribution >= 0.6 is 0 Å². The second kappa shape index (κ2) is 11.0. The summed E-state index contributed by atoms with van der Waals surface area (Å²) in [6, 6.07) is 11.0. The van der Waals surface area contributed by atoms with E-state index in [2.05, 4.69) is 15.0 Å². The van der Waals surface area contributed by atoms with E-state index in [0.29, 0.717) is 22.4 Å². The maximum absolute atomic E-state index is 14.4. The lowest BCUT2D eigenvalue weighted by atomic mass is 10.0. The summed E-state index contributed by atoms with van der Waals surface area (Å²) in [5.74, 6) is -0.971. The number of pyridine rings is 1. The zero-order valence-corrected chi connectivity index (χ0v) is 20.8. The van der Waals surface area contributed by atoms with E-state index in [1.807, 2.05) is 0 Å². The van der Waals surface area contributed by atoms with E-state index in [-0.39, 0.29) is 23.5 Å². The Balaban J connectivity index is 1.81. The number of carbonyl (C=O) groups is 1. The molecule has 0 atom stereocenters. The molecule has 7 nitrogen and oxygen atoms in total. The highest BCUT2D eigenvalue weighted by Gasteiger charge is 2.33. The number of methoxy groups -OCH3 is 1. The average molecular weight is 538 g/mol. The Hall–Kier alpha value is -3.93. The Morgan fingerprint density at radius 3 is 2.49 bits per heavy atom. The fourth-order valence-electron chi connectivity index (χ4n) is 3.41. The number of carbonyl (C=O) groups excluding carboxylic acids is 1. The Labute approximate surface area is 211 Å². The van der Waals surface area contributed by atoms with E-state index in [9.17, 15) is 30.8 Å². The van der Waals surface area contributed by atoms with Crippen LogP contribution in [0.15, 0.2) is 54.6 Å². The van der Waals surface area contributed by atoms with Gasteiger partial charge in [0.15, 0.2) is 0 Å². The lowest BCUT2D eigenvalue weighted by Crippen LogP contribution is -2.20. The zero-order valence-electron chi connectivity index (χ0n) is 20.0. The van der Waals surface area contributed by atoms with Crippen molar-refractivity contribution in [2.24, 2.45) is 0 Å². The van der Waals surface area contributed by atoms with E-state index in [1.54, 1.807) is 18.2 Å². The van der Waals surface area contributed by atoms with Crippen molar-refractivity contribution in [1.82, 2.24) is 10.3 Å². The predicted molar refractivity (Wildman–Crippen MR) is 132 cm³/mol. The van der Waals surface area contributed by atoms with Gasteiger partial charge in [-0.15, -0.1) is 0 Å². The van der Waals surface area contributed by atoms with Crippen LogP contribution in [-0.2, 0) is 27.5 Å². The third-order valence-corrected chi connectivity index (χ3v) is 5.65. The Bertz CT molecular complexity index is 1430. The molecule has 12 heteroatoms. The molecule has 0 unspecified atom stereocenters. The van der Waals surface area contributed by atoms with Gasteiger partial charge < -0.3 is 10.1 Å². The lowest BCUT2D eigenvalue weighted by Gasteiger charge is -2.12. The first-order chi connectivity index (χ1) is 17.3. The molecular weight excluding hydrogens is 514 g/mol. The minimum atomic E-state index is -4.66. The van der Waals surface area contributed by atoms with Gasteiger partial charge in [-0.1, -0.05) is 24.3 Å². The number of amides is 1. The summed E-state index contributed by atoms with van der Waals surface area (Å²) in [6.07, 6.45) is -1.32. The fourth-order valence-corrected chi connectivity index (χ4v) is 4.04. The van der Waals surface area contributed by atoms with Crippen molar-refractivity contribution in [1.29, 1.82) is 0 Å². The molecule has 0 bridgehead atoms. The zero-order chi connectivity index (χ0) is 27.4. The number of nitrogens with one attached hydrogen (secondary N) is 2. The maximum Gasteiger partial charge on any atom is 0.433 e. The third kappa shape index (κ3) is 7.53. The molecule has 2 aromatic carbocycles. The number of hydrogen-bond donors (Lipinski definition) is 2. The number of ether oxygens (including phenoxy) is 1. The van der Waals surface area contributed by atoms with Gasteiger partial charge in [0.1, 0.15) is 17.3 Å². The number of alkyl halides is 3. The van der Waals surface area contributed by atoms with Gasteiger partial charge in [0.2, 0.25) is 15.9 Å². The van der Waals surface area contributed by atoms with Crippen LogP contribution in [0.4, 0.5) is 23.2 Å². The smallest absolute Gasteiger partial charge is 0.433 e. The van der Waals surface area contributed by atoms with Gasteiger partial charge in [-0.3, -0.25) is 9.52 Å². The number of halogens is 4. The van der Waals surface area contributed by atoms with Crippen LogP contribution in [0.3, 0.4) is 0 Å². The molecule has 0 saturated carbocycles. The summed E-state index contributed by atoms with van der Waals surface area (Å²) < 4.78 is 84.2. The molecular formula is C25H23F4N3O4S. The SMILES string of the molecule is COc1cccc(-c2nc(C(F)(F)F)ccc2/C=C/C(=O)NCc2cc(C)c(NS(C)(=O)=O)c(F)c2)c1. The van der Waals surface area contributed by atoms with Crippen LogP contribution in [0.25, 0.3) is 17.3 Å². The van der Waals surface area contributed by atoms with Crippen molar-refractivity contribution in [2.45, 2.75) is 19.6 Å². The van der Waals surface area contributed by atoms with Crippen molar-refractivity contribution in [3.8, 4) is 17.0 Å². The van der Waals surface area contributed by atoms with Crippen LogP contribution in [0.1, 0.15) is 22.4 Å². The minimum absolute atomic E-state index is 0.00411. The van der Waals surface area contributed by atoms with Gasteiger partial charge in [0.05, 0.1) is 24.7 Å². The number of nitrogens with zero attached hydrogens (tertiary/aromatic N) is 1. The molecule has 196 valence electrons. The molecule has 0 fully saturated rings. The Morgan fingerprint density at radius 2 is 1.86 bits per heavy atom. The molecule has 3 aromatic rings. The van der Waals surface area contributed by atoms with Crippen LogP contribution < -0.4 is 14.8 Å². The average Bonchev–Trinajstić information content (AvgIpc) is 2.82. The molecule has 3 rings (SSSR count). The second-order valence-corrected chi connectivity index (χ2v) is 9.81. The van der Waals surface area contributed by atoms with Crippen LogP contribution in [0.2, 0.25) is 0 Å². The number of aromatic nitrogens is 1. The maximum atomic E-state index is 14.4. The molecule has 1 amide bonds. The molecule has 1 heterocycles. The highest BCUT2D eigenvalue weighted by molar-refractivity contribution is 7.92. The van der Waals surface area contributed by atoms with Gasteiger partial charge in [-0.05, 0) is 48.4 Å². The quantitative estimate of drug-likeness (QED) is 0.314. The summed E-state index contributed by atoms with van der Waals surface area (Å²) in [6.45, 7) is 1.44. The van der Waals surface area contributed by atoms with Gasteiger partial charge in [0.25, 0.3) is 0 Å². The Morgan fingerprint density at radius 1 is 1.14 bits per heavy atom. The van der Waals surface area contributed by atoms with Gasteiger partial charge in [-0.25, -0.2) is 17.8 Å². The largest absolute Gasteiger partial charge is 0.497 e. The number of anilines is 1. The standard InChI is InChI=1S/C25H23F4N3O4S/c1-15-11-16(12-20(26)23(15)32-37(3,34)35)14-30-22(33)10-8-17-7-9-21(25(27,28)29)31-24(17)18-5-4-6-19(13-18)36-2/h4-13,32H,14H2,1-3H3,(H,30,33)/b10-8+. The molecule has 0 saturated heterocycles. The molecule has 37 heavy (non-hydrogen) atoms. The van der Waals surface area contributed by atoms with E-state index in [0.717, 1.165) is 24.5 Å². The fraction of sp³-hybridized carbons (Fsp3) is 0.200. The third-order valence-electron chi connectivity index (χ3n) is 5.08. The number of aryl methyl sites for hydroxylation is 1. The summed E-state index contributed by atoms with van der Waals surface area (Å²) >= 11 is 0. The normalized spacial score (nSPS) is 12.0. The highest BCUT2D eigenvalue weighted by Crippen LogP contribution is 2.32. The summed E-state index contributed by atoms with van der Waals surface area (Å²) in [7, 11) is -2.25. The van der Waals surface area contributed by atoms with Gasteiger partial charge >= 0.3 is 6.18 Å². The van der Waals surface area contributed by atoms with E-state index in [1.165, 1.54) is 38.3 Å². The molecule has 2 N–H and O–H groups in total. The summed E-state index contributed by atoms with van der Waals surface area (Å²) in [5, 5.41) is 2.55. The number of benzene rings is 2. The molecule has 0 spiro atoms. The first-order valence-electron chi connectivity index (χ1n) is 10.7. The van der Waals surface area contributed by atoms with Crippen molar-refractivity contribution in [3.05, 3.63) is 82.8 Å². The number of rotatable bonds is 8. The monoisotopic (exact) mass is 537 g/mol. The van der Waals surface area contributed by atoms with E-state index in [4.69, 9.17) is 4.74 Å². The molecule has 1 aromatic heterocycles. The van der Waals surface area contributed by atoms with Gasteiger partial charge in [-0.2, -0.15) is 13.2 Å². The molecule has 0 radical (unpaired) electrons. The van der Waals surface area contributed by atoms with Gasteiger partial charge in [0, 0.05) is 23.7 Å². The van der Waals surface area contributed by atoms with Crippen molar-refractivity contribution >= 4 is 27.7 Å². The molecule has 0 aliphatic carbocycles. The summed E-state index contributed by atoms with van der Waals surface area (Å²) in [5.41, 5.74) is 0.0571. The number of sulfonamides is 1. The summed E-state index contributed by atoms with van der Waals surface area (Å²) in [4.78, 5) is 16.1. The first-order valence-corrected chi connectivity index (χ1v) is 12.6. The van der Waals surface area contributed by atoms with Crippen LogP contribution in [0.5, 0.6) is 5.75 Å². The van der Waals surface area contributed by atoms with Crippen molar-refractivity contribution < 1.29 is 35.5 Å². The molecule has 0 aliphatic rings. The topological polar surface area (TPSA) is 97.4 Å². The number of hydrogen-bond acceptors (Lipinski definition) is 5. The predicted octanol–water partition coefficient (Wildman–Crippen LogP) is 4.92. The van der Waals surface area contributed by atoms with Crippen LogP contribution in [-0.4, -0.2) is 32.7 Å². The lowest BCUT2D eigenvalue weighted by molar-refractivity contribution is -0.141. The Kier molecular flexibility index (Phi) is 8.22. The highest BCUT2D eigenvalue weighted by atomic mass is 32.2. The molecule has 0 aliphatic heterocycles. The minimum Gasteiger partial charge on any atom is -0.497 e. The second-order valence-electron chi connectivity index (χ2n) is 8.06. The van der Waals surface area contributed by atoms with E-state index < -0.39 is 33.6 Å². The van der Waals surface area contributed by atoms with E-state index >= 15 is 0 Å². The van der Waals surface area contributed by atoms with Crippen molar-refractivity contribution in [2.75, 3.05) is 18.1 Å². The first kappa shape index (κ1) is 27.7. The van der Waals surface area contributed by atoms with Crippen LogP contribution in [0, 0.1) is 12.7 Å². The van der Waals surface area contributed by atoms with Crippen molar-refractivity contribution in [3.63, 3.8) is 0 Å².